The van der Waals surface area contributed by atoms with E-state index in [-0.39, 0.29) is 0 Å². The van der Waals surface area contributed by atoms with Crippen LogP contribution in [0.15, 0.2) is 24.5 Å². The molecule has 2 heteroatoms. The van der Waals surface area contributed by atoms with Gasteiger partial charge in [-0.3, -0.25) is 0 Å². The van der Waals surface area contributed by atoms with Crippen LogP contribution in [0.1, 0.15) is 12.8 Å². The molecule has 0 saturated heterocycles. The van der Waals surface area contributed by atoms with Crippen molar-refractivity contribution in [3.63, 3.8) is 0 Å². The van der Waals surface area contributed by atoms with E-state index in [0.29, 0.717) is 0 Å². The Labute approximate surface area is 76.3 Å². The molecule has 0 heterocycles. The Kier molecular flexibility index (Phi) is 2.78. The van der Waals surface area contributed by atoms with Gasteiger partial charge in [0, 0.05) is 0 Å². The normalized spacial score (nSPS) is 18.2. The van der Waals surface area contributed by atoms with Crippen LogP contribution in [0.3, 0.4) is 0 Å². The molecule has 0 aromatic heterocycles. The SMILES string of the molecule is C=C(/C=C/C1CC1)O[Si](C)(C)C. The highest BCUT2D eigenvalue weighted by atomic mass is 28.4. The lowest BCUT2D eigenvalue weighted by Crippen LogP contribution is -2.24. The lowest BCUT2D eigenvalue weighted by Gasteiger charge is -2.18. The van der Waals surface area contributed by atoms with Crippen LogP contribution < -0.4 is 0 Å². The topological polar surface area (TPSA) is 9.23 Å². The Hall–Kier alpha value is -0.503. The molecule has 68 valence electrons. The fourth-order valence-corrected chi connectivity index (χ4v) is 1.81. The van der Waals surface area contributed by atoms with Crippen LogP contribution in [-0.4, -0.2) is 8.32 Å². The summed E-state index contributed by atoms with van der Waals surface area (Å²) in [6, 6.07) is 0. The monoisotopic (exact) mass is 182 g/mol. The van der Waals surface area contributed by atoms with Crippen LogP contribution in [0.2, 0.25) is 19.6 Å². The summed E-state index contributed by atoms with van der Waals surface area (Å²) in [5, 5.41) is 0. The van der Waals surface area contributed by atoms with Crippen molar-refractivity contribution in [3.05, 3.63) is 24.5 Å². The van der Waals surface area contributed by atoms with Crippen molar-refractivity contribution < 1.29 is 4.43 Å². The molecule has 0 N–H and O–H groups in total. The van der Waals surface area contributed by atoms with Crippen molar-refractivity contribution in [2.45, 2.75) is 32.5 Å². The van der Waals surface area contributed by atoms with E-state index in [1.54, 1.807) is 0 Å². The minimum absolute atomic E-state index is 0.812. The first-order valence-corrected chi connectivity index (χ1v) is 7.94. The lowest BCUT2D eigenvalue weighted by atomic mass is 10.3. The van der Waals surface area contributed by atoms with Gasteiger partial charge in [0.2, 0.25) is 8.32 Å². The standard InChI is InChI=1S/C10H18OSi/c1-9(11-12(2,3)4)5-6-10-7-8-10/h5-6,10H,1,7-8H2,2-4H3/b6-5+. The van der Waals surface area contributed by atoms with Crippen LogP contribution >= 0.6 is 0 Å². The van der Waals surface area contributed by atoms with Gasteiger partial charge in [0.05, 0.1) is 5.76 Å². The van der Waals surface area contributed by atoms with E-state index in [4.69, 9.17) is 4.43 Å². The molecule has 0 bridgehead atoms. The minimum Gasteiger partial charge on any atom is -0.545 e. The van der Waals surface area contributed by atoms with E-state index in [1.807, 2.05) is 6.08 Å². The third kappa shape index (κ3) is 4.39. The average molecular weight is 182 g/mol. The average Bonchev–Trinajstić information content (AvgIpc) is 2.61. The smallest absolute Gasteiger partial charge is 0.242 e. The number of hydrogen-bond acceptors (Lipinski definition) is 1. The molecule has 1 aliphatic rings. The second kappa shape index (κ2) is 3.48. The first-order valence-electron chi connectivity index (χ1n) is 4.53. The van der Waals surface area contributed by atoms with Crippen molar-refractivity contribution in [2.24, 2.45) is 5.92 Å². The summed E-state index contributed by atoms with van der Waals surface area (Å²) in [7, 11) is -1.42. The second-order valence-corrected chi connectivity index (χ2v) is 8.81. The summed E-state index contributed by atoms with van der Waals surface area (Å²) in [5.41, 5.74) is 0. The van der Waals surface area contributed by atoms with Gasteiger partial charge >= 0.3 is 0 Å². The van der Waals surface area contributed by atoms with Gasteiger partial charge in [-0.1, -0.05) is 12.7 Å². The summed E-state index contributed by atoms with van der Waals surface area (Å²) < 4.78 is 5.67. The van der Waals surface area contributed by atoms with Crippen molar-refractivity contribution >= 4 is 8.32 Å². The zero-order valence-corrected chi connectivity index (χ0v) is 9.26. The van der Waals surface area contributed by atoms with Gasteiger partial charge in [-0.05, 0) is 44.5 Å². The predicted octanol–water partition coefficient (Wildman–Crippen LogP) is 3.32. The van der Waals surface area contributed by atoms with Crippen LogP contribution in [0.25, 0.3) is 0 Å². The quantitative estimate of drug-likeness (QED) is 0.368. The first kappa shape index (κ1) is 9.58. The maximum Gasteiger partial charge on any atom is 0.242 e. The highest BCUT2D eigenvalue weighted by molar-refractivity contribution is 6.70. The molecule has 0 spiro atoms. The third-order valence-corrected chi connectivity index (χ3v) is 2.49. The Morgan fingerprint density at radius 2 is 2.00 bits per heavy atom. The molecule has 1 fully saturated rings. The van der Waals surface area contributed by atoms with E-state index in [9.17, 15) is 0 Å². The van der Waals surface area contributed by atoms with Crippen LogP contribution in [0.4, 0.5) is 0 Å². The Morgan fingerprint density at radius 3 is 2.42 bits per heavy atom. The summed E-state index contributed by atoms with van der Waals surface area (Å²) in [6.07, 6.45) is 6.92. The molecular formula is C10H18OSi. The molecule has 1 saturated carbocycles. The Balaban J connectivity index is 2.27. The molecule has 1 nitrogen and oxygen atoms in total. The fraction of sp³-hybridized carbons (Fsp3) is 0.600. The molecule has 12 heavy (non-hydrogen) atoms. The predicted molar refractivity (Wildman–Crippen MR) is 55.4 cm³/mol. The van der Waals surface area contributed by atoms with E-state index in [0.717, 1.165) is 11.7 Å². The van der Waals surface area contributed by atoms with E-state index < -0.39 is 8.32 Å². The van der Waals surface area contributed by atoms with Gasteiger partial charge in [0.25, 0.3) is 0 Å². The van der Waals surface area contributed by atoms with Crippen molar-refractivity contribution in [3.8, 4) is 0 Å². The van der Waals surface area contributed by atoms with E-state index in [2.05, 4.69) is 32.3 Å². The van der Waals surface area contributed by atoms with Crippen LogP contribution in [0, 0.1) is 5.92 Å². The zero-order valence-electron chi connectivity index (χ0n) is 8.26. The number of allylic oxidation sites excluding steroid dienone is 2. The molecular weight excluding hydrogens is 164 g/mol. The zero-order chi connectivity index (χ0) is 9.19. The second-order valence-electron chi connectivity index (χ2n) is 4.38. The molecule has 0 atom stereocenters. The maximum atomic E-state index is 5.67. The first-order chi connectivity index (χ1) is 5.47. The van der Waals surface area contributed by atoms with Gasteiger partial charge in [0.15, 0.2) is 0 Å². The maximum absolute atomic E-state index is 5.67. The summed E-state index contributed by atoms with van der Waals surface area (Å²) in [4.78, 5) is 0. The van der Waals surface area contributed by atoms with E-state index >= 15 is 0 Å². The lowest BCUT2D eigenvalue weighted by molar-refractivity contribution is 0.443. The number of hydrogen-bond donors (Lipinski definition) is 0. The molecule has 0 aromatic carbocycles. The van der Waals surface area contributed by atoms with Crippen LogP contribution in [-0.2, 0) is 4.43 Å². The molecule has 1 aliphatic carbocycles. The number of rotatable bonds is 4. The fourth-order valence-electron chi connectivity index (χ4n) is 0.959. The molecule has 1 rings (SSSR count). The Morgan fingerprint density at radius 1 is 1.42 bits per heavy atom. The van der Waals surface area contributed by atoms with Crippen molar-refractivity contribution in [2.75, 3.05) is 0 Å². The van der Waals surface area contributed by atoms with Gasteiger partial charge < -0.3 is 4.43 Å². The van der Waals surface area contributed by atoms with Crippen LogP contribution in [0.5, 0.6) is 0 Å². The molecule has 0 amide bonds. The molecule has 0 aliphatic heterocycles. The highest BCUT2D eigenvalue weighted by Gasteiger charge is 2.18. The molecule has 0 unspecified atom stereocenters. The molecule has 0 aromatic rings. The van der Waals surface area contributed by atoms with Gasteiger partial charge in [0.1, 0.15) is 0 Å². The summed E-state index contributed by atoms with van der Waals surface area (Å²) in [5.74, 6) is 1.65. The summed E-state index contributed by atoms with van der Waals surface area (Å²) >= 11 is 0. The van der Waals surface area contributed by atoms with Gasteiger partial charge in [-0.25, -0.2) is 0 Å². The Bertz CT molecular complexity index is 196. The molecule has 0 radical (unpaired) electrons. The van der Waals surface area contributed by atoms with Gasteiger partial charge in [-0.15, -0.1) is 0 Å². The largest absolute Gasteiger partial charge is 0.545 e. The third-order valence-electron chi connectivity index (χ3n) is 1.61. The highest BCUT2D eigenvalue weighted by Crippen LogP contribution is 2.30. The summed E-state index contributed by atoms with van der Waals surface area (Å²) in [6.45, 7) is 10.4. The van der Waals surface area contributed by atoms with Crippen molar-refractivity contribution in [1.29, 1.82) is 0 Å². The van der Waals surface area contributed by atoms with Gasteiger partial charge in [-0.2, -0.15) is 0 Å². The van der Waals surface area contributed by atoms with Crippen molar-refractivity contribution in [1.82, 2.24) is 0 Å². The van der Waals surface area contributed by atoms with E-state index in [1.165, 1.54) is 12.8 Å². The minimum atomic E-state index is -1.42.